The van der Waals surface area contributed by atoms with Crippen molar-refractivity contribution in [3.8, 4) is 0 Å². The first kappa shape index (κ1) is 21.7. The van der Waals surface area contributed by atoms with Crippen molar-refractivity contribution in [2.24, 2.45) is 0 Å². The summed E-state index contributed by atoms with van der Waals surface area (Å²) >= 11 is 1.53. The lowest BCUT2D eigenvalue weighted by Gasteiger charge is -2.16. The minimum Gasteiger partial charge on any atom is -0.372 e. The first-order valence-electron chi connectivity index (χ1n) is 9.87. The van der Waals surface area contributed by atoms with Gasteiger partial charge in [-0.25, -0.2) is 0 Å². The summed E-state index contributed by atoms with van der Waals surface area (Å²) in [5.41, 5.74) is 3.21. The summed E-state index contributed by atoms with van der Waals surface area (Å²) in [6.07, 6.45) is 0.208. The van der Waals surface area contributed by atoms with Crippen LogP contribution < -0.4 is 10.6 Å². The molecule has 0 saturated carbocycles. The Hall–Kier alpha value is -2.96. The fraction of sp³-hybridized carbons (Fsp3) is 0.250. The number of amides is 2. The van der Waals surface area contributed by atoms with Crippen LogP contribution in [-0.4, -0.2) is 11.8 Å². The number of nitrogens with one attached hydrogen (secondary N) is 2. The second kappa shape index (κ2) is 11.3. The molecule has 0 spiro atoms. The van der Waals surface area contributed by atoms with E-state index in [2.05, 4.69) is 10.6 Å². The molecule has 6 heteroatoms. The van der Waals surface area contributed by atoms with Gasteiger partial charge in [0, 0.05) is 18.3 Å². The summed E-state index contributed by atoms with van der Waals surface area (Å²) < 4.78 is 5.79. The van der Waals surface area contributed by atoms with E-state index in [0.717, 1.165) is 21.6 Å². The molecule has 30 heavy (non-hydrogen) atoms. The topological polar surface area (TPSA) is 67.4 Å². The van der Waals surface area contributed by atoms with Crippen LogP contribution in [0.3, 0.4) is 0 Å². The van der Waals surface area contributed by atoms with Crippen LogP contribution in [0.1, 0.15) is 41.0 Å². The average molecular weight is 423 g/mol. The third-order valence-electron chi connectivity index (χ3n) is 4.51. The van der Waals surface area contributed by atoms with Crippen molar-refractivity contribution in [3.63, 3.8) is 0 Å². The van der Waals surface area contributed by atoms with Crippen molar-refractivity contribution in [1.29, 1.82) is 0 Å². The van der Waals surface area contributed by atoms with Gasteiger partial charge in [-0.3, -0.25) is 9.59 Å². The highest BCUT2D eigenvalue weighted by Crippen LogP contribution is 2.22. The Kier molecular flexibility index (Phi) is 8.18. The Morgan fingerprint density at radius 3 is 2.40 bits per heavy atom. The SMILES string of the molecule is CC(=O)NC(CC(=O)NCc1cccc(COCc2ccccc2)c1)c1cccs1. The Balaban J connectivity index is 1.48. The van der Waals surface area contributed by atoms with E-state index in [1.165, 1.54) is 18.3 Å². The largest absolute Gasteiger partial charge is 0.372 e. The van der Waals surface area contributed by atoms with Gasteiger partial charge >= 0.3 is 0 Å². The van der Waals surface area contributed by atoms with Gasteiger partial charge in [-0.15, -0.1) is 11.3 Å². The van der Waals surface area contributed by atoms with Crippen LogP contribution in [0.4, 0.5) is 0 Å². The minimum atomic E-state index is -0.305. The zero-order valence-electron chi connectivity index (χ0n) is 17.0. The number of ether oxygens (including phenoxy) is 1. The number of carbonyl (C=O) groups excluding carboxylic acids is 2. The van der Waals surface area contributed by atoms with Gasteiger partial charge in [0.05, 0.1) is 25.7 Å². The van der Waals surface area contributed by atoms with Crippen molar-refractivity contribution >= 4 is 23.2 Å². The van der Waals surface area contributed by atoms with Crippen molar-refractivity contribution < 1.29 is 14.3 Å². The van der Waals surface area contributed by atoms with Gasteiger partial charge in [-0.2, -0.15) is 0 Å². The van der Waals surface area contributed by atoms with Crippen LogP contribution in [0.25, 0.3) is 0 Å². The second-order valence-electron chi connectivity index (χ2n) is 7.05. The first-order valence-corrected chi connectivity index (χ1v) is 10.7. The molecule has 2 amide bonds. The second-order valence-corrected chi connectivity index (χ2v) is 8.03. The number of rotatable bonds is 10. The lowest BCUT2D eigenvalue weighted by molar-refractivity contribution is -0.122. The fourth-order valence-corrected chi connectivity index (χ4v) is 3.88. The Bertz CT molecular complexity index is 942. The van der Waals surface area contributed by atoms with E-state index in [-0.39, 0.29) is 24.3 Å². The Labute approximate surface area is 181 Å². The van der Waals surface area contributed by atoms with Crippen LogP contribution in [0, 0.1) is 0 Å². The smallest absolute Gasteiger partial charge is 0.222 e. The molecule has 1 atom stereocenters. The molecule has 0 saturated heterocycles. The molecule has 3 aromatic rings. The van der Waals surface area contributed by atoms with Crippen LogP contribution in [0.2, 0.25) is 0 Å². The lowest BCUT2D eigenvalue weighted by atomic mass is 10.1. The molecule has 0 fully saturated rings. The molecule has 1 unspecified atom stereocenters. The zero-order chi connectivity index (χ0) is 21.2. The van der Waals surface area contributed by atoms with Crippen molar-refractivity contribution in [1.82, 2.24) is 10.6 Å². The highest BCUT2D eigenvalue weighted by atomic mass is 32.1. The quantitative estimate of drug-likeness (QED) is 0.510. The number of hydrogen-bond donors (Lipinski definition) is 2. The van der Waals surface area contributed by atoms with Gasteiger partial charge in [-0.1, -0.05) is 60.7 Å². The van der Waals surface area contributed by atoms with E-state index >= 15 is 0 Å². The molecule has 5 nitrogen and oxygen atoms in total. The van der Waals surface area contributed by atoms with Gasteiger partial charge in [0.1, 0.15) is 0 Å². The van der Waals surface area contributed by atoms with E-state index < -0.39 is 0 Å². The molecule has 0 aliphatic carbocycles. The third-order valence-corrected chi connectivity index (χ3v) is 5.50. The number of hydrogen-bond acceptors (Lipinski definition) is 4. The number of benzene rings is 2. The number of thiophene rings is 1. The summed E-state index contributed by atoms with van der Waals surface area (Å²) in [6, 6.07) is 21.6. The average Bonchev–Trinajstić information content (AvgIpc) is 3.28. The number of carbonyl (C=O) groups is 2. The van der Waals surface area contributed by atoms with E-state index in [4.69, 9.17) is 4.74 Å². The first-order chi connectivity index (χ1) is 14.6. The molecule has 2 aromatic carbocycles. The fourth-order valence-electron chi connectivity index (χ4n) is 3.11. The monoisotopic (exact) mass is 422 g/mol. The highest BCUT2D eigenvalue weighted by molar-refractivity contribution is 7.10. The Morgan fingerprint density at radius 2 is 1.67 bits per heavy atom. The molecule has 0 aliphatic rings. The van der Waals surface area contributed by atoms with Gasteiger partial charge in [0.2, 0.25) is 11.8 Å². The molecular weight excluding hydrogens is 396 g/mol. The van der Waals surface area contributed by atoms with Crippen LogP contribution >= 0.6 is 11.3 Å². The third kappa shape index (κ3) is 7.13. The predicted octanol–water partition coefficient (Wildman–Crippen LogP) is 4.35. The maximum atomic E-state index is 12.4. The maximum absolute atomic E-state index is 12.4. The summed E-state index contributed by atoms with van der Waals surface area (Å²) in [7, 11) is 0. The van der Waals surface area contributed by atoms with Crippen molar-refractivity contribution in [2.75, 3.05) is 0 Å². The summed E-state index contributed by atoms with van der Waals surface area (Å²) in [5.74, 6) is -0.253. The van der Waals surface area contributed by atoms with Gasteiger partial charge in [0.25, 0.3) is 0 Å². The van der Waals surface area contributed by atoms with Crippen molar-refractivity contribution in [2.45, 2.75) is 39.1 Å². The molecule has 1 heterocycles. The van der Waals surface area contributed by atoms with E-state index in [0.29, 0.717) is 19.8 Å². The molecule has 0 bridgehead atoms. The lowest BCUT2D eigenvalue weighted by Crippen LogP contribution is -2.32. The zero-order valence-corrected chi connectivity index (χ0v) is 17.8. The summed E-state index contributed by atoms with van der Waals surface area (Å²) in [4.78, 5) is 24.9. The summed E-state index contributed by atoms with van der Waals surface area (Å²) in [6.45, 7) is 2.97. The predicted molar refractivity (Wildman–Crippen MR) is 119 cm³/mol. The Morgan fingerprint density at radius 1 is 0.933 bits per heavy atom. The molecule has 0 aliphatic heterocycles. The molecule has 1 aromatic heterocycles. The van der Waals surface area contributed by atoms with Gasteiger partial charge in [-0.05, 0) is 28.1 Å². The van der Waals surface area contributed by atoms with E-state index in [9.17, 15) is 9.59 Å². The highest BCUT2D eigenvalue weighted by Gasteiger charge is 2.17. The minimum absolute atomic E-state index is 0.104. The maximum Gasteiger partial charge on any atom is 0.222 e. The van der Waals surface area contributed by atoms with E-state index in [1.807, 2.05) is 72.1 Å². The molecule has 0 radical (unpaired) electrons. The normalized spacial score (nSPS) is 11.6. The molecule has 156 valence electrons. The molecule has 3 rings (SSSR count). The van der Waals surface area contributed by atoms with Crippen LogP contribution in [0.15, 0.2) is 72.1 Å². The van der Waals surface area contributed by atoms with Gasteiger partial charge < -0.3 is 15.4 Å². The molecular formula is C24H26N2O3S. The standard InChI is InChI=1S/C24H26N2O3S/c1-18(27)26-22(23-11-6-12-30-23)14-24(28)25-15-20-9-5-10-21(13-20)17-29-16-19-7-3-2-4-8-19/h2-13,22H,14-17H2,1H3,(H,25,28)(H,26,27). The molecule has 2 N–H and O–H groups in total. The van der Waals surface area contributed by atoms with Crippen LogP contribution in [0.5, 0.6) is 0 Å². The van der Waals surface area contributed by atoms with Crippen LogP contribution in [-0.2, 0) is 34.1 Å². The van der Waals surface area contributed by atoms with Gasteiger partial charge in [0.15, 0.2) is 0 Å². The summed E-state index contributed by atoms with van der Waals surface area (Å²) in [5, 5.41) is 7.74. The van der Waals surface area contributed by atoms with Crippen molar-refractivity contribution in [3.05, 3.63) is 93.7 Å². The van der Waals surface area contributed by atoms with E-state index in [1.54, 1.807) is 0 Å².